The lowest BCUT2D eigenvalue weighted by molar-refractivity contribution is -0.127. The first-order chi connectivity index (χ1) is 19.3. The number of nitrogens with zero attached hydrogens (tertiary/aromatic N) is 2. The Hall–Kier alpha value is -3.71. The standard InChI is InChI=1S/C32H37ClN4O3/c1-22-14-19-27(21-23(22)2)37(30(39)13-8-12-29(38)36-28-11-6-7-20-34-28)31(24-15-17-25(33)18-16-24)32(40)35-26-9-4-3-5-10-26/h6-7,11,14-21,26,31H,3-5,8-10,12-13H2,1-2H3,(H,35,40)(H,34,36,38)/t31-/m0/s1. The fourth-order valence-corrected chi connectivity index (χ4v) is 5.19. The largest absolute Gasteiger partial charge is 0.351 e. The molecule has 1 aliphatic rings. The Labute approximate surface area is 241 Å². The zero-order valence-electron chi connectivity index (χ0n) is 23.2. The van der Waals surface area contributed by atoms with Crippen LogP contribution in [0.3, 0.4) is 0 Å². The van der Waals surface area contributed by atoms with Crippen molar-refractivity contribution in [1.29, 1.82) is 0 Å². The molecule has 0 aliphatic heterocycles. The zero-order chi connectivity index (χ0) is 28.5. The number of benzene rings is 2. The van der Waals surface area contributed by atoms with E-state index in [1.165, 1.54) is 6.42 Å². The van der Waals surface area contributed by atoms with E-state index >= 15 is 0 Å². The molecule has 8 heteroatoms. The Morgan fingerprint density at radius 2 is 1.70 bits per heavy atom. The van der Waals surface area contributed by atoms with Crippen molar-refractivity contribution in [3.05, 3.63) is 88.6 Å². The van der Waals surface area contributed by atoms with Gasteiger partial charge in [0.25, 0.3) is 0 Å². The number of pyridine rings is 1. The molecule has 0 saturated heterocycles. The van der Waals surface area contributed by atoms with Crippen LogP contribution >= 0.6 is 11.6 Å². The molecule has 4 rings (SSSR count). The van der Waals surface area contributed by atoms with Gasteiger partial charge in [-0.3, -0.25) is 19.3 Å². The number of anilines is 2. The fraction of sp³-hybridized carbons (Fsp3) is 0.375. The van der Waals surface area contributed by atoms with E-state index in [-0.39, 0.29) is 36.6 Å². The predicted molar refractivity (Wildman–Crippen MR) is 159 cm³/mol. The minimum Gasteiger partial charge on any atom is -0.351 e. The SMILES string of the molecule is Cc1ccc(N(C(=O)CCCC(=O)Nc2ccccn2)[C@H](C(=O)NC2CCCCC2)c2ccc(Cl)cc2)cc1C. The summed E-state index contributed by atoms with van der Waals surface area (Å²) in [4.78, 5) is 46.1. The van der Waals surface area contributed by atoms with Gasteiger partial charge >= 0.3 is 0 Å². The minimum absolute atomic E-state index is 0.0862. The molecule has 40 heavy (non-hydrogen) atoms. The number of hydrogen-bond acceptors (Lipinski definition) is 4. The summed E-state index contributed by atoms with van der Waals surface area (Å²) >= 11 is 6.18. The van der Waals surface area contributed by atoms with Crippen LogP contribution in [0.15, 0.2) is 66.9 Å². The fourth-order valence-electron chi connectivity index (χ4n) is 5.06. The average Bonchev–Trinajstić information content (AvgIpc) is 2.95. The summed E-state index contributed by atoms with van der Waals surface area (Å²) in [6.45, 7) is 4.00. The molecule has 2 aromatic carbocycles. The van der Waals surface area contributed by atoms with Crippen molar-refractivity contribution in [3.8, 4) is 0 Å². The summed E-state index contributed by atoms with van der Waals surface area (Å²) in [6.07, 6.45) is 7.39. The molecule has 3 amide bonds. The number of amides is 3. The third kappa shape index (κ3) is 7.92. The van der Waals surface area contributed by atoms with E-state index in [1.54, 1.807) is 53.6 Å². The summed E-state index contributed by atoms with van der Waals surface area (Å²) < 4.78 is 0. The number of nitrogens with one attached hydrogen (secondary N) is 2. The van der Waals surface area contributed by atoms with Crippen LogP contribution in [0.25, 0.3) is 0 Å². The van der Waals surface area contributed by atoms with Crippen LogP contribution in [0.2, 0.25) is 5.02 Å². The van der Waals surface area contributed by atoms with Crippen molar-refractivity contribution in [2.24, 2.45) is 0 Å². The minimum atomic E-state index is -0.879. The molecule has 0 bridgehead atoms. The highest BCUT2D eigenvalue weighted by atomic mass is 35.5. The van der Waals surface area contributed by atoms with Crippen LogP contribution in [-0.4, -0.2) is 28.7 Å². The van der Waals surface area contributed by atoms with Gasteiger partial charge in [-0.1, -0.05) is 55.1 Å². The lowest BCUT2D eigenvalue weighted by atomic mass is 9.94. The number of aromatic nitrogens is 1. The molecule has 7 nitrogen and oxygen atoms in total. The van der Waals surface area contributed by atoms with Crippen molar-refractivity contribution in [3.63, 3.8) is 0 Å². The second kappa shape index (κ2) is 14.1. The lowest BCUT2D eigenvalue weighted by Crippen LogP contribution is -2.47. The molecule has 1 atom stereocenters. The molecule has 0 unspecified atom stereocenters. The maximum Gasteiger partial charge on any atom is 0.248 e. The molecule has 210 valence electrons. The smallest absolute Gasteiger partial charge is 0.248 e. The first kappa shape index (κ1) is 29.3. The molecule has 0 radical (unpaired) electrons. The Morgan fingerprint density at radius 3 is 2.38 bits per heavy atom. The highest BCUT2D eigenvalue weighted by Crippen LogP contribution is 2.32. The van der Waals surface area contributed by atoms with Gasteiger partial charge in [0.15, 0.2) is 0 Å². The molecule has 1 fully saturated rings. The van der Waals surface area contributed by atoms with E-state index in [1.807, 2.05) is 32.0 Å². The van der Waals surface area contributed by atoms with E-state index in [2.05, 4.69) is 15.6 Å². The quantitative estimate of drug-likeness (QED) is 0.289. The number of hydrogen-bond donors (Lipinski definition) is 2. The number of rotatable bonds is 10. The molecule has 2 N–H and O–H groups in total. The molecule has 0 spiro atoms. The van der Waals surface area contributed by atoms with Gasteiger partial charge in [0.2, 0.25) is 17.7 Å². The third-order valence-electron chi connectivity index (χ3n) is 7.41. The monoisotopic (exact) mass is 560 g/mol. The van der Waals surface area contributed by atoms with E-state index in [0.29, 0.717) is 28.5 Å². The molecular weight excluding hydrogens is 524 g/mol. The number of aryl methyl sites for hydroxylation is 2. The highest BCUT2D eigenvalue weighted by molar-refractivity contribution is 6.30. The second-order valence-electron chi connectivity index (χ2n) is 10.4. The van der Waals surface area contributed by atoms with E-state index in [4.69, 9.17) is 11.6 Å². The molecule has 3 aromatic rings. The lowest BCUT2D eigenvalue weighted by Gasteiger charge is -2.34. The highest BCUT2D eigenvalue weighted by Gasteiger charge is 2.34. The van der Waals surface area contributed by atoms with Crippen LogP contribution in [0.4, 0.5) is 11.5 Å². The summed E-state index contributed by atoms with van der Waals surface area (Å²) in [7, 11) is 0. The number of carbonyl (C=O) groups is 3. The molecule has 1 heterocycles. The van der Waals surface area contributed by atoms with Gasteiger partial charge in [0.05, 0.1) is 0 Å². The normalized spacial score (nSPS) is 14.3. The number of halogens is 1. The van der Waals surface area contributed by atoms with Crippen LogP contribution in [0.5, 0.6) is 0 Å². The maximum absolute atomic E-state index is 13.9. The first-order valence-electron chi connectivity index (χ1n) is 14.0. The van der Waals surface area contributed by atoms with Crippen molar-refractivity contribution in [1.82, 2.24) is 10.3 Å². The second-order valence-corrected chi connectivity index (χ2v) is 10.9. The van der Waals surface area contributed by atoms with Crippen molar-refractivity contribution in [2.45, 2.75) is 77.3 Å². The van der Waals surface area contributed by atoms with Crippen molar-refractivity contribution >= 4 is 40.8 Å². The van der Waals surface area contributed by atoms with E-state index in [0.717, 1.165) is 36.8 Å². The van der Waals surface area contributed by atoms with Crippen LogP contribution < -0.4 is 15.5 Å². The van der Waals surface area contributed by atoms with Crippen LogP contribution in [0, 0.1) is 13.8 Å². The Morgan fingerprint density at radius 1 is 0.950 bits per heavy atom. The number of carbonyl (C=O) groups excluding carboxylic acids is 3. The Balaban J connectivity index is 1.59. The van der Waals surface area contributed by atoms with Gasteiger partial charge in [0, 0.05) is 35.8 Å². The predicted octanol–water partition coefficient (Wildman–Crippen LogP) is 6.68. The molecular formula is C32H37ClN4O3. The summed E-state index contributed by atoms with van der Waals surface area (Å²) in [5.74, 6) is -0.187. The zero-order valence-corrected chi connectivity index (χ0v) is 23.9. The summed E-state index contributed by atoms with van der Waals surface area (Å²) in [5, 5.41) is 6.54. The van der Waals surface area contributed by atoms with Crippen LogP contribution in [0.1, 0.15) is 74.1 Å². The van der Waals surface area contributed by atoms with Gasteiger partial charge in [-0.05, 0) is 86.2 Å². The van der Waals surface area contributed by atoms with Gasteiger partial charge < -0.3 is 10.6 Å². The van der Waals surface area contributed by atoms with Crippen LogP contribution in [-0.2, 0) is 14.4 Å². The van der Waals surface area contributed by atoms with E-state index < -0.39 is 6.04 Å². The van der Waals surface area contributed by atoms with Gasteiger partial charge in [-0.2, -0.15) is 0 Å². The third-order valence-corrected chi connectivity index (χ3v) is 7.66. The van der Waals surface area contributed by atoms with Crippen molar-refractivity contribution < 1.29 is 14.4 Å². The molecule has 1 saturated carbocycles. The van der Waals surface area contributed by atoms with E-state index in [9.17, 15) is 14.4 Å². The van der Waals surface area contributed by atoms with Gasteiger partial charge in [-0.15, -0.1) is 0 Å². The van der Waals surface area contributed by atoms with Gasteiger partial charge in [0.1, 0.15) is 11.9 Å². The Kier molecular flexibility index (Phi) is 10.3. The first-order valence-corrected chi connectivity index (χ1v) is 14.4. The van der Waals surface area contributed by atoms with Gasteiger partial charge in [-0.25, -0.2) is 4.98 Å². The summed E-state index contributed by atoms with van der Waals surface area (Å²) in [5.41, 5.74) is 3.44. The maximum atomic E-state index is 13.9. The Bertz CT molecular complexity index is 1310. The molecule has 1 aliphatic carbocycles. The molecule has 1 aromatic heterocycles. The summed E-state index contributed by atoms with van der Waals surface area (Å²) in [6, 6.07) is 17.4. The topological polar surface area (TPSA) is 91.4 Å². The average molecular weight is 561 g/mol. The van der Waals surface area contributed by atoms with Crippen molar-refractivity contribution in [2.75, 3.05) is 10.2 Å².